The topological polar surface area (TPSA) is 42.0 Å². The van der Waals surface area contributed by atoms with Gasteiger partial charge in [0, 0.05) is 5.54 Å². The fourth-order valence-corrected chi connectivity index (χ4v) is 2.89. The van der Waals surface area contributed by atoms with Crippen LogP contribution in [0.25, 0.3) is 0 Å². The number of aryl methyl sites for hydroxylation is 1. The molecule has 0 aliphatic heterocycles. The summed E-state index contributed by atoms with van der Waals surface area (Å²) in [5.74, 6) is 0.0843. The molecule has 0 aromatic carbocycles. The van der Waals surface area contributed by atoms with Crippen molar-refractivity contribution in [3.63, 3.8) is 0 Å². The molecule has 0 saturated heterocycles. The zero-order valence-corrected chi connectivity index (χ0v) is 11.5. The highest BCUT2D eigenvalue weighted by molar-refractivity contribution is 7.10. The molecule has 90 valence electrons. The van der Waals surface area contributed by atoms with Crippen molar-refractivity contribution in [2.45, 2.75) is 53.0 Å². The van der Waals surface area contributed by atoms with E-state index in [9.17, 15) is 4.79 Å². The van der Waals surface area contributed by atoms with Gasteiger partial charge in [-0.1, -0.05) is 13.3 Å². The van der Waals surface area contributed by atoms with Gasteiger partial charge in [0.25, 0.3) is 0 Å². The quantitative estimate of drug-likeness (QED) is 0.799. The molecule has 0 saturated carbocycles. The van der Waals surface area contributed by atoms with E-state index in [1.165, 1.54) is 11.5 Å². The van der Waals surface area contributed by atoms with Gasteiger partial charge in [0.1, 0.15) is 5.00 Å². The number of anilines is 1. The number of nitrogens with zero attached hydrogens (tertiary/aromatic N) is 1. The molecule has 0 bridgehead atoms. The van der Waals surface area contributed by atoms with E-state index in [1.54, 1.807) is 6.92 Å². The maximum absolute atomic E-state index is 11.5. The number of Topliss-reactive ketones (excluding diaryl/α,β-unsaturated/α-hetero) is 1. The van der Waals surface area contributed by atoms with Gasteiger partial charge >= 0.3 is 0 Å². The molecule has 0 atom stereocenters. The molecule has 3 nitrogen and oxygen atoms in total. The molecular formula is C12H20N2OS. The lowest BCUT2D eigenvalue weighted by atomic mass is 9.99. The third-order valence-corrected chi connectivity index (χ3v) is 3.40. The highest BCUT2D eigenvalue weighted by Crippen LogP contribution is 2.29. The summed E-state index contributed by atoms with van der Waals surface area (Å²) in [6, 6.07) is 0. The molecule has 0 amide bonds. The van der Waals surface area contributed by atoms with Gasteiger partial charge in [0.05, 0.1) is 11.3 Å². The van der Waals surface area contributed by atoms with Crippen LogP contribution < -0.4 is 5.32 Å². The Morgan fingerprint density at radius 2 is 2.12 bits per heavy atom. The van der Waals surface area contributed by atoms with Crippen molar-refractivity contribution in [1.29, 1.82) is 0 Å². The van der Waals surface area contributed by atoms with Crippen LogP contribution >= 0.6 is 11.5 Å². The number of carbonyl (C=O) groups is 1. The van der Waals surface area contributed by atoms with Crippen LogP contribution in [0.1, 0.15) is 56.6 Å². The second kappa shape index (κ2) is 4.95. The first-order chi connectivity index (χ1) is 7.37. The molecular weight excluding hydrogens is 220 g/mol. The summed E-state index contributed by atoms with van der Waals surface area (Å²) in [7, 11) is 0. The first kappa shape index (κ1) is 13.2. The standard InChI is InChI=1S/C12H20N2OS/c1-6-7-12(4,5)13-11-10(9(3)15)8(2)14-16-11/h13H,6-7H2,1-5H3. The van der Waals surface area contributed by atoms with Crippen molar-refractivity contribution >= 4 is 22.3 Å². The van der Waals surface area contributed by atoms with E-state index >= 15 is 0 Å². The number of carbonyl (C=O) groups excluding carboxylic acids is 1. The summed E-state index contributed by atoms with van der Waals surface area (Å²) >= 11 is 1.38. The van der Waals surface area contributed by atoms with Crippen LogP contribution in [0, 0.1) is 6.92 Å². The van der Waals surface area contributed by atoms with Gasteiger partial charge in [0.2, 0.25) is 0 Å². The largest absolute Gasteiger partial charge is 0.370 e. The minimum Gasteiger partial charge on any atom is -0.370 e. The van der Waals surface area contributed by atoms with Crippen LogP contribution in [-0.2, 0) is 0 Å². The SMILES string of the molecule is CCCC(C)(C)Nc1snc(C)c1C(C)=O. The summed E-state index contributed by atoms with van der Waals surface area (Å²) in [5.41, 5.74) is 1.58. The maximum atomic E-state index is 11.5. The number of hydrogen-bond acceptors (Lipinski definition) is 4. The van der Waals surface area contributed by atoms with Crippen molar-refractivity contribution in [2.75, 3.05) is 5.32 Å². The second-order valence-electron chi connectivity index (χ2n) is 4.79. The van der Waals surface area contributed by atoms with E-state index in [0.717, 1.165) is 29.1 Å². The Morgan fingerprint density at radius 1 is 1.50 bits per heavy atom. The third-order valence-electron chi connectivity index (χ3n) is 2.54. The lowest BCUT2D eigenvalue weighted by Gasteiger charge is -2.26. The first-order valence-electron chi connectivity index (χ1n) is 5.63. The lowest BCUT2D eigenvalue weighted by molar-refractivity contribution is 0.101. The molecule has 0 aliphatic carbocycles. The second-order valence-corrected chi connectivity index (χ2v) is 5.56. The smallest absolute Gasteiger partial charge is 0.164 e. The van der Waals surface area contributed by atoms with E-state index in [0.29, 0.717) is 0 Å². The molecule has 0 unspecified atom stereocenters. The number of hydrogen-bond donors (Lipinski definition) is 1. The monoisotopic (exact) mass is 240 g/mol. The third kappa shape index (κ3) is 3.04. The van der Waals surface area contributed by atoms with Gasteiger partial charge in [0.15, 0.2) is 5.78 Å². The maximum Gasteiger partial charge on any atom is 0.164 e. The molecule has 1 N–H and O–H groups in total. The zero-order chi connectivity index (χ0) is 12.3. The Balaban J connectivity index is 2.93. The van der Waals surface area contributed by atoms with Gasteiger partial charge in [-0.15, -0.1) is 0 Å². The summed E-state index contributed by atoms with van der Waals surface area (Å²) in [4.78, 5) is 11.5. The predicted molar refractivity (Wildman–Crippen MR) is 69.5 cm³/mol. The number of nitrogens with one attached hydrogen (secondary N) is 1. The number of aromatic nitrogens is 1. The normalized spacial score (nSPS) is 11.6. The average Bonchev–Trinajstić information content (AvgIpc) is 2.45. The Morgan fingerprint density at radius 3 is 2.62 bits per heavy atom. The summed E-state index contributed by atoms with van der Waals surface area (Å²) in [6.07, 6.45) is 2.19. The van der Waals surface area contributed by atoms with Crippen LogP contribution in [0.15, 0.2) is 0 Å². The Bertz CT molecular complexity index is 382. The van der Waals surface area contributed by atoms with E-state index in [1.807, 2.05) is 6.92 Å². The summed E-state index contributed by atoms with van der Waals surface area (Å²) in [5, 5.41) is 4.33. The molecule has 1 rings (SSSR count). The van der Waals surface area contributed by atoms with E-state index < -0.39 is 0 Å². The summed E-state index contributed by atoms with van der Waals surface area (Å²) < 4.78 is 4.24. The van der Waals surface area contributed by atoms with Crippen molar-refractivity contribution in [3.8, 4) is 0 Å². The molecule has 16 heavy (non-hydrogen) atoms. The molecule has 1 aromatic rings. The van der Waals surface area contributed by atoms with Crippen molar-refractivity contribution in [2.24, 2.45) is 0 Å². The molecule has 0 fully saturated rings. The zero-order valence-electron chi connectivity index (χ0n) is 10.7. The first-order valence-corrected chi connectivity index (χ1v) is 6.40. The molecule has 0 radical (unpaired) electrons. The fraction of sp³-hybridized carbons (Fsp3) is 0.667. The van der Waals surface area contributed by atoms with Crippen LogP contribution in [0.2, 0.25) is 0 Å². The molecule has 4 heteroatoms. The molecule has 1 heterocycles. The van der Waals surface area contributed by atoms with Crippen molar-refractivity contribution < 1.29 is 4.79 Å². The van der Waals surface area contributed by atoms with E-state index in [2.05, 4.69) is 30.5 Å². The van der Waals surface area contributed by atoms with Crippen molar-refractivity contribution in [1.82, 2.24) is 4.37 Å². The van der Waals surface area contributed by atoms with Crippen LogP contribution in [0.5, 0.6) is 0 Å². The van der Waals surface area contributed by atoms with E-state index in [4.69, 9.17) is 0 Å². The van der Waals surface area contributed by atoms with Crippen molar-refractivity contribution in [3.05, 3.63) is 11.3 Å². The number of ketones is 1. The fourth-order valence-electron chi connectivity index (χ4n) is 1.86. The highest BCUT2D eigenvalue weighted by Gasteiger charge is 2.22. The Kier molecular flexibility index (Phi) is 4.08. The minimum atomic E-state index is 0.0118. The van der Waals surface area contributed by atoms with Crippen LogP contribution in [0.4, 0.5) is 5.00 Å². The summed E-state index contributed by atoms with van der Waals surface area (Å²) in [6.45, 7) is 9.93. The Hall–Kier alpha value is -0.900. The molecule has 0 spiro atoms. The lowest BCUT2D eigenvalue weighted by Crippen LogP contribution is -2.30. The predicted octanol–water partition coefficient (Wildman–Crippen LogP) is 3.64. The van der Waals surface area contributed by atoms with E-state index in [-0.39, 0.29) is 11.3 Å². The van der Waals surface area contributed by atoms with Gasteiger partial charge in [-0.05, 0) is 45.6 Å². The van der Waals surface area contributed by atoms with Crippen LogP contribution in [0.3, 0.4) is 0 Å². The van der Waals surface area contributed by atoms with Gasteiger partial charge in [-0.2, -0.15) is 4.37 Å². The molecule has 1 aromatic heterocycles. The van der Waals surface area contributed by atoms with Crippen LogP contribution in [-0.4, -0.2) is 15.7 Å². The van der Waals surface area contributed by atoms with Gasteiger partial charge < -0.3 is 5.32 Å². The Labute approximate surface area is 101 Å². The molecule has 0 aliphatic rings. The minimum absolute atomic E-state index is 0.0118. The van der Waals surface area contributed by atoms with Gasteiger partial charge in [-0.25, -0.2) is 0 Å². The average molecular weight is 240 g/mol. The highest BCUT2D eigenvalue weighted by atomic mass is 32.1. The van der Waals surface area contributed by atoms with Gasteiger partial charge in [-0.3, -0.25) is 4.79 Å². The number of rotatable bonds is 5.